The molecule has 176 valence electrons. The molecule has 4 rings (SSSR count). The van der Waals surface area contributed by atoms with Crippen molar-refractivity contribution in [3.63, 3.8) is 0 Å². The number of nitrogens with zero attached hydrogens (tertiary/aromatic N) is 4. The van der Waals surface area contributed by atoms with Gasteiger partial charge < -0.3 is 15.1 Å². The van der Waals surface area contributed by atoms with E-state index >= 15 is 0 Å². The fourth-order valence-corrected chi connectivity index (χ4v) is 3.59. The van der Waals surface area contributed by atoms with E-state index in [9.17, 15) is 27.2 Å². The molecule has 0 unspecified atom stereocenters. The molecule has 0 radical (unpaired) electrons. The van der Waals surface area contributed by atoms with Gasteiger partial charge in [0, 0.05) is 26.2 Å². The van der Waals surface area contributed by atoms with Gasteiger partial charge in [-0.1, -0.05) is 24.3 Å². The zero-order valence-electron chi connectivity index (χ0n) is 17.7. The van der Waals surface area contributed by atoms with Crippen LogP contribution in [0.3, 0.4) is 0 Å². The third-order valence-corrected chi connectivity index (χ3v) is 5.36. The number of amides is 2. The van der Waals surface area contributed by atoms with Gasteiger partial charge in [-0.2, -0.15) is 13.2 Å². The molecule has 34 heavy (non-hydrogen) atoms. The predicted molar refractivity (Wildman–Crippen MR) is 116 cm³/mol. The van der Waals surface area contributed by atoms with Crippen LogP contribution in [0.4, 0.5) is 29.1 Å². The number of halogens is 4. The Hall–Kier alpha value is -4.02. The third kappa shape index (κ3) is 4.98. The van der Waals surface area contributed by atoms with Gasteiger partial charge in [0.1, 0.15) is 5.82 Å². The quantitative estimate of drug-likeness (QED) is 0.583. The minimum Gasteiger partial charge on any atom is -0.352 e. The zero-order chi connectivity index (χ0) is 24.3. The van der Waals surface area contributed by atoms with Crippen molar-refractivity contribution in [2.75, 3.05) is 36.4 Å². The Kier molecular flexibility index (Phi) is 6.44. The van der Waals surface area contributed by atoms with E-state index in [1.807, 2.05) is 4.90 Å². The Bertz CT molecular complexity index is 1190. The summed E-state index contributed by atoms with van der Waals surface area (Å²) in [6.45, 7) is 1.05. The molecular formula is C23H19F4N5O2. The summed E-state index contributed by atoms with van der Waals surface area (Å²) in [5.41, 5.74) is -1.33. The molecule has 1 aliphatic heterocycles. The highest BCUT2D eigenvalue weighted by atomic mass is 19.4. The first-order valence-electron chi connectivity index (χ1n) is 10.3. The van der Waals surface area contributed by atoms with Gasteiger partial charge >= 0.3 is 6.18 Å². The number of carbonyl (C=O) groups is 2. The maximum absolute atomic E-state index is 13.7. The normalized spacial score (nSPS) is 14.1. The predicted octanol–water partition coefficient (Wildman–Crippen LogP) is 3.85. The Morgan fingerprint density at radius 1 is 0.853 bits per heavy atom. The largest absolute Gasteiger partial charge is 0.417 e. The first-order valence-corrected chi connectivity index (χ1v) is 10.3. The molecule has 1 saturated heterocycles. The smallest absolute Gasteiger partial charge is 0.352 e. The molecule has 1 N–H and O–H groups in total. The van der Waals surface area contributed by atoms with Crippen molar-refractivity contribution in [1.82, 2.24) is 15.1 Å². The number of alkyl halides is 3. The van der Waals surface area contributed by atoms with E-state index in [1.54, 1.807) is 12.1 Å². The monoisotopic (exact) mass is 473 g/mol. The van der Waals surface area contributed by atoms with Crippen molar-refractivity contribution in [2.24, 2.45) is 0 Å². The van der Waals surface area contributed by atoms with Crippen molar-refractivity contribution in [1.29, 1.82) is 0 Å². The van der Waals surface area contributed by atoms with Crippen molar-refractivity contribution in [3.8, 4) is 0 Å². The number of rotatable bonds is 4. The first kappa shape index (κ1) is 23.1. The molecule has 1 aliphatic rings. The summed E-state index contributed by atoms with van der Waals surface area (Å²) in [5, 5.41) is 10.3. The first-order chi connectivity index (χ1) is 16.2. The van der Waals surface area contributed by atoms with Gasteiger partial charge in [0.25, 0.3) is 11.8 Å². The van der Waals surface area contributed by atoms with Gasteiger partial charge in [-0.25, -0.2) is 4.39 Å². The van der Waals surface area contributed by atoms with Gasteiger partial charge in [0.2, 0.25) is 0 Å². The molecule has 2 amide bonds. The Labute approximate surface area is 192 Å². The Morgan fingerprint density at radius 3 is 2.18 bits per heavy atom. The number of piperazine rings is 1. The summed E-state index contributed by atoms with van der Waals surface area (Å²) in [6.07, 6.45) is -4.62. The topological polar surface area (TPSA) is 78.4 Å². The van der Waals surface area contributed by atoms with E-state index in [0.717, 1.165) is 6.07 Å². The van der Waals surface area contributed by atoms with Gasteiger partial charge in [-0.3, -0.25) is 9.59 Å². The summed E-state index contributed by atoms with van der Waals surface area (Å²) in [4.78, 5) is 28.2. The van der Waals surface area contributed by atoms with Crippen LogP contribution in [-0.2, 0) is 6.18 Å². The average molecular weight is 473 g/mol. The van der Waals surface area contributed by atoms with Crippen molar-refractivity contribution in [3.05, 3.63) is 83.3 Å². The number of nitrogens with one attached hydrogen (secondary N) is 1. The number of benzene rings is 2. The maximum Gasteiger partial charge on any atom is 0.417 e. The van der Waals surface area contributed by atoms with E-state index in [1.165, 1.54) is 47.4 Å². The molecule has 0 saturated carbocycles. The van der Waals surface area contributed by atoms with E-state index in [-0.39, 0.29) is 30.0 Å². The zero-order valence-corrected chi connectivity index (χ0v) is 17.7. The van der Waals surface area contributed by atoms with Crippen LogP contribution in [0.2, 0.25) is 0 Å². The van der Waals surface area contributed by atoms with Gasteiger partial charge in [0.05, 0.1) is 16.8 Å². The second kappa shape index (κ2) is 9.46. The highest BCUT2D eigenvalue weighted by molar-refractivity contribution is 6.02. The number of hydrogen-bond acceptors (Lipinski definition) is 5. The van der Waals surface area contributed by atoms with Crippen LogP contribution in [0.1, 0.15) is 26.4 Å². The van der Waals surface area contributed by atoms with Gasteiger partial charge in [-0.15, -0.1) is 10.2 Å². The number of hydrogen-bond donors (Lipinski definition) is 1. The maximum atomic E-state index is 13.7. The third-order valence-electron chi connectivity index (χ3n) is 5.36. The number of anilines is 2. The number of para-hydroxylation sites is 1. The van der Waals surface area contributed by atoms with E-state index < -0.39 is 29.4 Å². The van der Waals surface area contributed by atoms with Crippen LogP contribution in [0, 0.1) is 5.82 Å². The molecule has 3 aromatic rings. The second-order valence-corrected chi connectivity index (χ2v) is 7.53. The van der Waals surface area contributed by atoms with Gasteiger partial charge in [-0.05, 0) is 36.4 Å². The lowest BCUT2D eigenvalue weighted by atomic mass is 10.1. The molecule has 7 nitrogen and oxygen atoms in total. The van der Waals surface area contributed by atoms with Crippen LogP contribution >= 0.6 is 0 Å². The molecule has 2 heterocycles. The molecular weight excluding hydrogens is 454 g/mol. The molecule has 0 atom stereocenters. The number of carbonyl (C=O) groups excluding carboxylic acids is 2. The fraction of sp³-hybridized carbons (Fsp3) is 0.217. The summed E-state index contributed by atoms with van der Waals surface area (Å²) in [5.74, 6) is -1.43. The highest BCUT2D eigenvalue weighted by Gasteiger charge is 2.36. The number of aromatic nitrogens is 2. The summed E-state index contributed by atoms with van der Waals surface area (Å²) in [7, 11) is 0. The van der Waals surface area contributed by atoms with Crippen LogP contribution in [0.15, 0.2) is 60.7 Å². The summed E-state index contributed by atoms with van der Waals surface area (Å²) < 4.78 is 53.5. The molecule has 1 aromatic heterocycles. The van der Waals surface area contributed by atoms with Crippen LogP contribution in [0.5, 0.6) is 0 Å². The summed E-state index contributed by atoms with van der Waals surface area (Å²) >= 11 is 0. The molecule has 0 bridgehead atoms. The van der Waals surface area contributed by atoms with Crippen molar-refractivity contribution >= 4 is 23.3 Å². The lowest BCUT2D eigenvalue weighted by Crippen LogP contribution is -2.49. The fourth-order valence-electron chi connectivity index (χ4n) is 3.59. The standard InChI is InChI=1S/C23H19F4N5O2/c24-17-7-3-4-8-18(17)28-21(33)19-9-10-20(30-29-19)31-11-13-32(14-12-31)22(34)15-5-1-2-6-16(15)23(25,26)27/h1-10H,11-14H2,(H,28,33). The second-order valence-electron chi connectivity index (χ2n) is 7.53. The molecule has 1 fully saturated rings. The molecule has 0 spiro atoms. The summed E-state index contributed by atoms with van der Waals surface area (Å²) in [6, 6.07) is 13.4. The Balaban J connectivity index is 1.38. The van der Waals surface area contributed by atoms with Crippen molar-refractivity contribution in [2.45, 2.75) is 6.18 Å². The minimum absolute atomic E-state index is 0.00965. The van der Waals surface area contributed by atoms with Crippen LogP contribution in [-0.4, -0.2) is 53.1 Å². The van der Waals surface area contributed by atoms with Crippen molar-refractivity contribution < 1.29 is 27.2 Å². The molecule has 0 aliphatic carbocycles. The lowest BCUT2D eigenvalue weighted by Gasteiger charge is -2.35. The van der Waals surface area contributed by atoms with Crippen LogP contribution in [0.25, 0.3) is 0 Å². The molecule has 11 heteroatoms. The van der Waals surface area contributed by atoms with E-state index in [4.69, 9.17) is 0 Å². The average Bonchev–Trinajstić information content (AvgIpc) is 2.84. The van der Waals surface area contributed by atoms with E-state index in [0.29, 0.717) is 18.9 Å². The lowest BCUT2D eigenvalue weighted by molar-refractivity contribution is -0.138. The Morgan fingerprint density at radius 2 is 1.53 bits per heavy atom. The van der Waals surface area contributed by atoms with Gasteiger partial charge in [0.15, 0.2) is 11.5 Å². The van der Waals surface area contributed by atoms with Crippen LogP contribution < -0.4 is 10.2 Å². The SMILES string of the molecule is O=C(Nc1ccccc1F)c1ccc(N2CCN(C(=O)c3ccccc3C(F)(F)F)CC2)nn1. The highest BCUT2D eigenvalue weighted by Crippen LogP contribution is 2.32. The minimum atomic E-state index is -4.62. The van der Waals surface area contributed by atoms with E-state index in [2.05, 4.69) is 15.5 Å². The molecule has 2 aromatic carbocycles.